The van der Waals surface area contributed by atoms with Crippen molar-refractivity contribution in [3.05, 3.63) is 70.9 Å². The van der Waals surface area contributed by atoms with E-state index in [0.717, 1.165) is 16.2 Å². The minimum atomic E-state index is -1.87. The molecule has 14 nitrogen and oxygen atoms in total. The Balaban J connectivity index is 1.65. The van der Waals surface area contributed by atoms with E-state index in [2.05, 4.69) is 10.3 Å². The number of esters is 1. The number of amides is 3. The Morgan fingerprint density at radius 3 is 2.63 bits per heavy atom. The van der Waals surface area contributed by atoms with E-state index >= 15 is 0 Å². The summed E-state index contributed by atoms with van der Waals surface area (Å²) in [4.78, 5) is 61.0. The predicted octanol–water partition coefficient (Wildman–Crippen LogP) is 6.13. The van der Waals surface area contributed by atoms with Crippen molar-refractivity contribution in [3.63, 3.8) is 0 Å². The largest absolute Gasteiger partial charge is 0.495 e. The number of rotatable bonds is 10. The highest BCUT2D eigenvalue weighted by atomic mass is 35.5. The van der Waals surface area contributed by atoms with Crippen molar-refractivity contribution in [1.82, 2.24) is 15.2 Å². The Morgan fingerprint density at radius 1 is 1.23 bits per heavy atom. The van der Waals surface area contributed by atoms with Gasteiger partial charge >= 0.3 is 12.1 Å². The smallest absolute Gasteiger partial charge is 0.409 e. The second-order valence-electron chi connectivity index (χ2n) is 14.6. The predicted molar refractivity (Wildman–Crippen MR) is 220 cm³/mol. The van der Waals surface area contributed by atoms with Crippen LogP contribution in [0.4, 0.5) is 10.5 Å². The van der Waals surface area contributed by atoms with Gasteiger partial charge in [0, 0.05) is 46.0 Å². The molecule has 2 aromatic rings. The number of likely N-dealkylation sites (N-methyl/N-ethyl adjacent to an activating group) is 1. The zero-order valence-electron chi connectivity index (χ0n) is 33.8. The van der Waals surface area contributed by atoms with Crippen LogP contribution < -0.4 is 15.0 Å². The standard InChI is InChI=1S/C40H53ClN4O10S2/c1-24-13-12-14-31(52-9)40(50)23-30(53-38(49)43-40)26(3)55-39(4,5)32(22-35(47)45(7)28-20-27(19-24)21-29(51-8)36(28)41)54-37(48)25(2)44(6)34(46)16-18-56-57-33-15-10-11-17-42-33/h10-15,17,20-21,25-26,30-32,50H,16,18-19,22-23H2,1-9H3,(H,43,49)/b14-12+,24-13+/t25-,26+,30-,31+,32-,40-/m0/s1. The van der Waals surface area contributed by atoms with E-state index in [1.54, 1.807) is 65.2 Å². The van der Waals surface area contributed by atoms with Gasteiger partial charge in [0.25, 0.3) is 0 Å². The second kappa shape index (κ2) is 20.3. The third-order valence-electron chi connectivity index (χ3n) is 9.90. The molecule has 17 heteroatoms. The summed E-state index contributed by atoms with van der Waals surface area (Å²) >= 11 is 6.77. The zero-order chi connectivity index (χ0) is 42.1. The molecule has 3 heterocycles. The lowest BCUT2D eigenvalue weighted by Crippen LogP contribution is -2.64. The number of aromatic nitrogens is 1. The monoisotopic (exact) mass is 848 g/mol. The molecular weight excluding hydrogens is 796 g/mol. The van der Waals surface area contributed by atoms with E-state index in [1.165, 1.54) is 52.7 Å². The number of hydrogen-bond acceptors (Lipinski definition) is 13. The Bertz CT molecular complexity index is 1820. The third-order valence-corrected chi connectivity index (χ3v) is 12.5. The van der Waals surface area contributed by atoms with E-state index < -0.39 is 59.8 Å². The third kappa shape index (κ3) is 12.1. The Labute approximate surface area is 347 Å². The number of alkyl carbamates (subject to hydrolysis) is 1. The normalized spacial score (nSPS) is 26.2. The van der Waals surface area contributed by atoms with E-state index in [1.807, 2.05) is 31.2 Å². The summed E-state index contributed by atoms with van der Waals surface area (Å²) in [6.45, 7) is 8.41. The van der Waals surface area contributed by atoms with Gasteiger partial charge in [0.1, 0.15) is 45.8 Å². The van der Waals surface area contributed by atoms with Gasteiger partial charge in [-0.1, -0.05) is 52.3 Å². The van der Waals surface area contributed by atoms with Crippen molar-refractivity contribution in [3.8, 4) is 5.75 Å². The molecule has 0 radical (unpaired) electrons. The van der Waals surface area contributed by atoms with Crippen molar-refractivity contribution in [2.24, 2.45) is 0 Å². The molecule has 2 N–H and O–H groups in total. The fraction of sp³-hybridized carbons (Fsp3) is 0.525. The average Bonchev–Trinajstić information content (AvgIpc) is 3.16. The van der Waals surface area contributed by atoms with Crippen molar-refractivity contribution in [2.45, 2.75) is 107 Å². The van der Waals surface area contributed by atoms with Crippen molar-refractivity contribution >= 4 is 62.8 Å². The molecule has 2 aliphatic heterocycles. The highest BCUT2D eigenvalue weighted by Gasteiger charge is 2.48. The summed E-state index contributed by atoms with van der Waals surface area (Å²) < 4.78 is 29.4. The second-order valence-corrected chi connectivity index (χ2v) is 17.4. The number of halogens is 1. The van der Waals surface area contributed by atoms with Gasteiger partial charge in [-0.05, 0) is 81.7 Å². The van der Waals surface area contributed by atoms with Crippen LogP contribution in [0.25, 0.3) is 0 Å². The van der Waals surface area contributed by atoms with Gasteiger partial charge in [-0.15, -0.1) is 0 Å². The molecule has 57 heavy (non-hydrogen) atoms. The number of carbonyl (C=O) groups excluding carboxylic acids is 4. The van der Waals surface area contributed by atoms with Crippen LogP contribution in [0.15, 0.2) is 65.4 Å². The summed E-state index contributed by atoms with van der Waals surface area (Å²) in [6.07, 6.45) is 2.10. The Hall–Kier alpha value is -3.80. The first-order chi connectivity index (χ1) is 26.9. The number of nitrogens with one attached hydrogen (secondary N) is 1. The van der Waals surface area contributed by atoms with Gasteiger partial charge in [-0.25, -0.2) is 14.6 Å². The van der Waals surface area contributed by atoms with Crippen LogP contribution in [-0.4, -0.2) is 115 Å². The lowest BCUT2D eigenvalue weighted by Gasteiger charge is -2.44. The molecule has 0 saturated carbocycles. The molecule has 4 bridgehead atoms. The van der Waals surface area contributed by atoms with Crippen molar-refractivity contribution in [2.75, 3.05) is 39.0 Å². The molecule has 0 unspecified atom stereocenters. The number of aliphatic hydroxyl groups is 1. The summed E-state index contributed by atoms with van der Waals surface area (Å²) in [5.74, 6) is -0.649. The number of hydrogen-bond donors (Lipinski definition) is 2. The number of ether oxygens (including phenoxy) is 5. The first-order valence-electron chi connectivity index (χ1n) is 18.4. The SMILES string of the molecule is COc1cc2cc(c1Cl)N(C)C(=O)C[C@H](OC(=O)[C@H](C)N(C)C(=O)CCSSc1ccccn1)C(C)(C)O[C@H](C)[C@@H]1C[C@@](O)(NC(=O)O1)[C@H](OC)/C=C/C=C(\C)C2. The van der Waals surface area contributed by atoms with Gasteiger partial charge in [0.15, 0.2) is 5.72 Å². The van der Waals surface area contributed by atoms with Crippen molar-refractivity contribution in [1.29, 1.82) is 0 Å². The number of allylic oxidation sites excluding steroid dienone is 3. The maximum absolute atomic E-state index is 14.2. The van der Waals surface area contributed by atoms with Crippen LogP contribution in [0.1, 0.15) is 59.4 Å². The molecule has 3 amide bonds. The number of pyridine rings is 1. The molecule has 1 saturated heterocycles. The molecule has 0 spiro atoms. The van der Waals surface area contributed by atoms with Crippen LogP contribution in [-0.2, 0) is 39.8 Å². The number of benzene rings is 1. The fourth-order valence-electron chi connectivity index (χ4n) is 6.37. The first kappa shape index (κ1) is 45.9. The van der Waals surface area contributed by atoms with E-state index in [9.17, 15) is 24.3 Å². The van der Waals surface area contributed by atoms with Gasteiger partial charge < -0.3 is 38.6 Å². The molecular formula is C40H53ClN4O10S2. The van der Waals surface area contributed by atoms with Gasteiger partial charge in [-0.3, -0.25) is 14.9 Å². The lowest BCUT2D eigenvalue weighted by atomic mass is 9.93. The summed E-state index contributed by atoms with van der Waals surface area (Å²) in [6, 6.07) is 8.14. The number of nitrogens with zero attached hydrogens (tertiary/aromatic N) is 3. The Morgan fingerprint density at radius 2 is 1.96 bits per heavy atom. The minimum Gasteiger partial charge on any atom is -0.495 e. The van der Waals surface area contributed by atoms with Crippen LogP contribution in [0.2, 0.25) is 5.02 Å². The number of carbonyl (C=O) groups is 4. The molecule has 1 aromatic carbocycles. The molecule has 312 valence electrons. The van der Waals surface area contributed by atoms with E-state index in [4.69, 9.17) is 35.3 Å². The highest BCUT2D eigenvalue weighted by molar-refractivity contribution is 8.76. The summed E-state index contributed by atoms with van der Waals surface area (Å²) in [5, 5.41) is 15.2. The number of fused-ring (bicyclic) bond motifs is 4. The molecule has 6 atom stereocenters. The van der Waals surface area contributed by atoms with E-state index in [-0.39, 0.29) is 30.2 Å². The summed E-state index contributed by atoms with van der Waals surface area (Å²) in [7, 11) is 8.92. The maximum Gasteiger partial charge on any atom is 0.409 e. The van der Waals surface area contributed by atoms with Crippen LogP contribution in [0.3, 0.4) is 0 Å². The van der Waals surface area contributed by atoms with Gasteiger partial charge in [-0.2, -0.15) is 0 Å². The fourth-order valence-corrected chi connectivity index (χ4v) is 8.54. The zero-order valence-corrected chi connectivity index (χ0v) is 36.2. The molecule has 2 aliphatic rings. The number of methoxy groups -OCH3 is 2. The summed E-state index contributed by atoms with van der Waals surface area (Å²) in [5.41, 5.74) is -1.18. The van der Waals surface area contributed by atoms with E-state index in [0.29, 0.717) is 23.6 Å². The maximum atomic E-state index is 14.2. The van der Waals surface area contributed by atoms with Crippen LogP contribution >= 0.6 is 33.2 Å². The topological polar surface area (TPSA) is 166 Å². The number of anilines is 1. The Kier molecular flexibility index (Phi) is 16.3. The average molecular weight is 849 g/mol. The van der Waals surface area contributed by atoms with Gasteiger partial charge in [0.05, 0.1) is 25.3 Å². The minimum absolute atomic E-state index is 0.125. The highest BCUT2D eigenvalue weighted by Crippen LogP contribution is 2.38. The van der Waals surface area contributed by atoms with Crippen LogP contribution in [0.5, 0.6) is 5.75 Å². The molecule has 1 aromatic heterocycles. The molecule has 4 rings (SSSR count). The first-order valence-corrected chi connectivity index (χ1v) is 21.1. The van der Waals surface area contributed by atoms with Crippen LogP contribution in [0, 0.1) is 0 Å². The lowest BCUT2D eigenvalue weighted by molar-refractivity contribution is -0.203. The van der Waals surface area contributed by atoms with Gasteiger partial charge in [0.2, 0.25) is 11.8 Å². The molecule has 1 fully saturated rings. The molecule has 0 aliphatic carbocycles. The quantitative estimate of drug-likeness (QED) is 0.160. The van der Waals surface area contributed by atoms with Crippen molar-refractivity contribution < 1.29 is 48.0 Å².